The van der Waals surface area contributed by atoms with Gasteiger partial charge < -0.3 is 5.32 Å². The van der Waals surface area contributed by atoms with Crippen molar-refractivity contribution in [1.29, 1.82) is 0 Å². The lowest BCUT2D eigenvalue weighted by Gasteiger charge is -2.09. The molecule has 1 atom stereocenters. The Hall–Kier alpha value is -0.960. The normalized spacial score (nSPS) is 20.4. The molecule has 1 N–H and O–H groups in total. The lowest BCUT2D eigenvalue weighted by molar-refractivity contribution is 0.504. The maximum atomic E-state index is 12.9. The quantitative estimate of drug-likeness (QED) is 0.703. The first kappa shape index (κ1) is 8.63. The molecule has 1 aliphatic carbocycles. The Kier molecular flexibility index (Phi) is 2.04. The summed E-state index contributed by atoms with van der Waals surface area (Å²) in [6.45, 7) is 0. The van der Waals surface area contributed by atoms with Crippen LogP contribution in [0.2, 0.25) is 0 Å². The Bertz CT molecular complexity index is 336. The Balaban J connectivity index is 2.47. The van der Waals surface area contributed by atoms with E-state index >= 15 is 0 Å². The SMILES string of the molecule is CNC1CCc2cc(F)c(F)cc21. The third-order valence-electron chi connectivity index (χ3n) is 2.61. The van der Waals surface area contributed by atoms with Crippen molar-refractivity contribution in [3.63, 3.8) is 0 Å². The van der Waals surface area contributed by atoms with Crippen LogP contribution in [0.15, 0.2) is 12.1 Å². The Morgan fingerprint density at radius 3 is 2.69 bits per heavy atom. The minimum Gasteiger partial charge on any atom is -0.313 e. The van der Waals surface area contributed by atoms with Crippen molar-refractivity contribution < 1.29 is 8.78 Å². The van der Waals surface area contributed by atoms with Gasteiger partial charge in [-0.15, -0.1) is 0 Å². The summed E-state index contributed by atoms with van der Waals surface area (Å²) in [5.74, 6) is -1.49. The van der Waals surface area contributed by atoms with Crippen LogP contribution in [0.1, 0.15) is 23.6 Å². The molecular weight excluding hydrogens is 172 g/mol. The standard InChI is InChI=1S/C10H11F2N/c1-13-10-3-2-6-4-8(11)9(12)5-7(6)10/h4-5,10,13H,2-3H2,1H3. The van der Waals surface area contributed by atoms with Gasteiger partial charge in [-0.3, -0.25) is 0 Å². The lowest BCUT2D eigenvalue weighted by Crippen LogP contribution is -2.13. The highest BCUT2D eigenvalue weighted by atomic mass is 19.2. The molecule has 0 aliphatic heterocycles. The van der Waals surface area contributed by atoms with Crippen molar-refractivity contribution in [1.82, 2.24) is 5.32 Å². The highest BCUT2D eigenvalue weighted by Gasteiger charge is 2.22. The highest BCUT2D eigenvalue weighted by molar-refractivity contribution is 5.35. The minimum atomic E-state index is -0.749. The molecule has 1 aliphatic rings. The van der Waals surface area contributed by atoms with Gasteiger partial charge in [-0.05, 0) is 43.1 Å². The van der Waals surface area contributed by atoms with Gasteiger partial charge in [0.15, 0.2) is 11.6 Å². The van der Waals surface area contributed by atoms with E-state index in [4.69, 9.17) is 0 Å². The fraction of sp³-hybridized carbons (Fsp3) is 0.400. The second kappa shape index (κ2) is 3.07. The Morgan fingerprint density at radius 2 is 2.00 bits per heavy atom. The summed E-state index contributed by atoms with van der Waals surface area (Å²) in [6.07, 6.45) is 1.76. The van der Waals surface area contributed by atoms with E-state index in [0.717, 1.165) is 24.0 Å². The molecule has 0 saturated carbocycles. The largest absolute Gasteiger partial charge is 0.313 e. The Morgan fingerprint density at radius 1 is 1.31 bits per heavy atom. The number of benzene rings is 1. The van der Waals surface area contributed by atoms with Gasteiger partial charge in [0.2, 0.25) is 0 Å². The van der Waals surface area contributed by atoms with Crippen molar-refractivity contribution in [2.45, 2.75) is 18.9 Å². The van der Waals surface area contributed by atoms with Crippen LogP contribution >= 0.6 is 0 Å². The third-order valence-corrected chi connectivity index (χ3v) is 2.61. The van der Waals surface area contributed by atoms with Crippen LogP contribution in [0.25, 0.3) is 0 Å². The molecule has 70 valence electrons. The van der Waals surface area contributed by atoms with E-state index in [1.54, 1.807) is 0 Å². The fourth-order valence-electron chi connectivity index (χ4n) is 1.90. The number of halogens is 2. The smallest absolute Gasteiger partial charge is 0.159 e. The van der Waals surface area contributed by atoms with Gasteiger partial charge in [0.25, 0.3) is 0 Å². The maximum absolute atomic E-state index is 12.9. The molecule has 2 rings (SSSR count). The summed E-state index contributed by atoms with van der Waals surface area (Å²) < 4.78 is 25.7. The molecule has 1 nitrogen and oxygen atoms in total. The van der Waals surface area contributed by atoms with E-state index in [2.05, 4.69) is 5.32 Å². The summed E-state index contributed by atoms with van der Waals surface area (Å²) in [5.41, 5.74) is 1.83. The molecular formula is C10H11F2N. The van der Waals surface area contributed by atoms with Crippen molar-refractivity contribution in [2.75, 3.05) is 7.05 Å². The summed E-state index contributed by atoms with van der Waals surface area (Å²) in [7, 11) is 1.83. The van der Waals surface area contributed by atoms with Gasteiger partial charge in [0.1, 0.15) is 0 Å². The molecule has 3 heteroatoms. The van der Waals surface area contributed by atoms with Crippen LogP contribution in [-0.2, 0) is 6.42 Å². The predicted molar refractivity (Wildman–Crippen MR) is 46.5 cm³/mol. The third kappa shape index (κ3) is 1.33. The van der Waals surface area contributed by atoms with E-state index in [1.807, 2.05) is 7.05 Å². The van der Waals surface area contributed by atoms with Crippen molar-refractivity contribution in [3.05, 3.63) is 34.9 Å². The number of rotatable bonds is 1. The van der Waals surface area contributed by atoms with E-state index in [0.29, 0.717) is 0 Å². The summed E-state index contributed by atoms with van der Waals surface area (Å²) in [6, 6.07) is 2.80. The number of hydrogen-bond acceptors (Lipinski definition) is 1. The highest BCUT2D eigenvalue weighted by Crippen LogP contribution is 2.31. The molecule has 1 unspecified atom stereocenters. The van der Waals surface area contributed by atoms with E-state index < -0.39 is 11.6 Å². The van der Waals surface area contributed by atoms with E-state index in [9.17, 15) is 8.78 Å². The van der Waals surface area contributed by atoms with Crippen molar-refractivity contribution in [3.8, 4) is 0 Å². The van der Waals surface area contributed by atoms with Crippen LogP contribution in [0.4, 0.5) is 8.78 Å². The molecule has 0 radical (unpaired) electrons. The van der Waals surface area contributed by atoms with Gasteiger partial charge in [0.05, 0.1) is 0 Å². The van der Waals surface area contributed by atoms with Crippen LogP contribution in [0, 0.1) is 11.6 Å². The number of fused-ring (bicyclic) bond motifs is 1. The van der Waals surface area contributed by atoms with Gasteiger partial charge in [-0.2, -0.15) is 0 Å². The second-order valence-electron chi connectivity index (χ2n) is 3.35. The molecule has 0 heterocycles. The van der Waals surface area contributed by atoms with E-state index in [1.165, 1.54) is 12.1 Å². The topological polar surface area (TPSA) is 12.0 Å². The molecule has 0 saturated heterocycles. The molecule has 0 aromatic heterocycles. The van der Waals surface area contributed by atoms with Gasteiger partial charge in [-0.1, -0.05) is 0 Å². The first-order chi connectivity index (χ1) is 6.22. The fourth-order valence-corrected chi connectivity index (χ4v) is 1.90. The lowest BCUT2D eigenvalue weighted by atomic mass is 10.1. The molecule has 0 fully saturated rings. The molecule has 0 amide bonds. The predicted octanol–water partition coefficient (Wildman–Crippen LogP) is 2.17. The molecule has 0 spiro atoms. The summed E-state index contributed by atoms with van der Waals surface area (Å²) in [4.78, 5) is 0. The van der Waals surface area contributed by atoms with Crippen LogP contribution in [0.5, 0.6) is 0 Å². The summed E-state index contributed by atoms with van der Waals surface area (Å²) >= 11 is 0. The average Bonchev–Trinajstić information content (AvgIpc) is 2.48. The van der Waals surface area contributed by atoms with Gasteiger partial charge >= 0.3 is 0 Å². The maximum Gasteiger partial charge on any atom is 0.159 e. The summed E-state index contributed by atoms with van der Waals surface area (Å²) in [5, 5.41) is 3.08. The number of aryl methyl sites for hydroxylation is 1. The molecule has 13 heavy (non-hydrogen) atoms. The monoisotopic (exact) mass is 183 g/mol. The molecule has 1 aromatic carbocycles. The van der Waals surface area contributed by atoms with Gasteiger partial charge in [-0.25, -0.2) is 8.78 Å². The molecule has 1 aromatic rings. The zero-order valence-corrected chi connectivity index (χ0v) is 7.40. The average molecular weight is 183 g/mol. The van der Waals surface area contributed by atoms with Gasteiger partial charge in [0, 0.05) is 6.04 Å². The van der Waals surface area contributed by atoms with Crippen LogP contribution in [-0.4, -0.2) is 7.05 Å². The number of nitrogens with one attached hydrogen (secondary N) is 1. The zero-order chi connectivity index (χ0) is 9.42. The zero-order valence-electron chi connectivity index (χ0n) is 7.40. The first-order valence-electron chi connectivity index (χ1n) is 4.37. The number of hydrogen-bond donors (Lipinski definition) is 1. The first-order valence-corrected chi connectivity index (χ1v) is 4.37. The van der Waals surface area contributed by atoms with Crippen molar-refractivity contribution >= 4 is 0 Å². The molecule has 0 bridgehead atoms. The minimum absolute atomic E-state index is 0.185. The Labute approximate surface area is 75.8 Å². The van der Waals surface area contributed by atoms with E-state index in [-0.39, 0.29) is 6.04 Å². The second-order valence-corrected chi connectivity index (χ2v) is 3.35. The van der Waals surface area contributed by atoms with Crippen LogP contribution in [0.3, 0.4) is 0 Å². The van der Waals surface area contributed by atoms with Crippen LogP contribution < -0.4 is 5.32 Å². The van der Waals surface area contributed by atoms with Crippen molar-refractivity contribution in [2.24, 2.45) is 0 Å².